The minimum atomic E-state index is -0.221. The zero-order valence-corrected chi connectivity index (χ0v) is 17.7. The average molecular weight is 434 g/mol. The topological polar surface area (TPSA) is 81.3 Å². The maximum atomic E-state index is 13.0. The molecule has 0 saturated heterocycles. The van der Waals surface area contributed by atoms with Crippen LogP contribution in [0.25, 0.3) is 17.2 Å². The predicted molar refractivity (Wildman–Crippen MR) is 120 cm³/mol. The van der Waals surface area contributed by atoms with E-state index in [4.69, 9.17) is 11.6 Å². The number of nitrogens with zero attached hydrogens (tertiary/aromatic N) is 4. The van der Waals surface area contributed by atoms with Crippen LogP contribution in [0, 0.1) is 6.92 Å². The molecule has 0 fully saturated rings. The summed E-state index contributed by atoms with van der Waals surface area (Å²) in [5.74, 6) is 0.619. The molecule has 4 aromatic rings. The van der Waals surface area contributed by atoms with E-state index in [1.165, 1.54) is 4.52 Å². The van der Waals surface area contributed by atoms with Crippen LogP contribution in [0.5, 0.6) is 0 Å². The highest BCUT2D eigenvalue weighted by molar-refractivity contribution is 6.30. The molecule has 1 N–H and O–H groups in total. The standard InChI is InChI=1S/C23H20ClN5O2/c1-14-8-10-15(11-9-14)21-26-23-28(13-20(30)25-17-5-2-4-16(24)12-17)19-7-3-6-18(19)22(31)29(23)27-21/h2,4-5,8-12H,3,6-7,13H2,1H3,(H,25,30). The average Bonchev–Trinajstić information content (AvgIpc) is 3.40. The second kappa shape index (κ2) is 7.67. The summed E-state index contributed by atoms with van der Waals surface area (Å²) in [7, 11) is 0. The number of carbonyl (C=O) groups is 1. The fourth-order valence-corrected chi connectivity index (χ4v) is 4.21. The Morgan fingerprint density at radius 1 is 1.16 bits per heavy atom. The van der Waals surface area contributed by atoms with Crippen LogP contribution in [0.1, 0.15) is 23.2 Å². The molecule has 8 heteroatoms. The molecule has 31 heavy (non-hydrogen) atoms. The van der Waals surface area contributed by atoms with Gasteiger partial charge in [0.2, 0.25) is 11.7 Å². The number of hydrogen-bond donors (Lipinski definition) is 1. The molecular weight excluding hydrogens is 414 g/mol. The van der Waals surface area contributed by atoms with Gasteiger partial charge < -0.3 is 9.88 Å². The van der Waals surface area contributed by atoms with Crippen LogP contribution in [0.4, 0.5) is 5.69 Å². The van der Waals surface area contributed by atoms with Crippen molar-refractivity contribution >= 4 is 29.0 Å². The van der Waals surface area contributed by atoms with Crippen molar-refractivity contribution < 1.29 is 4.79 Å². The zero-order valence-electron chi connectivity index (χ0n) is 16.9. The monoisotopic (exact) mass is 433 g/mol. The van der Waals surface area contributed by atoms with Crippen molar-refractivity contribution in [2.45, 2.75) is 32.7 Å². The number of nitrogens with one attached hydrogen (secondary N) is 1. The molecule has 0 spiro atoms. The van der Waals surface area contributed by atoms with Crippen molar-refractivity contribution in [2.75, 3.05) is 5.32 Å². The largest absolute Gasteiger partial charge is 0.324 e. The predicted octanol–water partition coefficient (Wildman–Crippen LogP) is 3.65. The number of amides is 1. The molecule has 0 atom stereocenters. The summed E-state index contributed by atoms with van der Waals surface area (Å²) < 4.78 is 3.14. The van der Waals surface area contributed by atoms with Crippen molar-refractivity contribution in [1.82, 2.24) is 19.2 Å². The number of halogens is 1. The normalized spacial score (nSPS) is 12.8. The first-order valence-corrected chi connectivity index (χ1v) is 10.5. The van der Waals surface area contributed by atoms with Crippen LogP contribution in [-0.4, -0.2) is 25.1 Å². The van der Waals surface area contributed by atoms with Gasteiger partial charge in [-0.2, -0.15) is 9.50 Å². The Labute approximate surface area is 183 Å². The zero-order chi connectivity index (χ0) is 21.5. The van der Waals surface area contributed by atoms with Crippen LogP contribution in [0.3, 0.4) is 0 Å². The van der Waals surface area contributed by atoms with Crippen molar-refractivity contribution in [1.29, 1.82) is 0 Å². The first-order chi connectivity index (χ1) is 15.0. The van der Waals surface area contributed by atoms with Crippen molar-refractivity contribution in [3.05, 3.63) is 80.7 Å². The highest BCUT2D eigenvalue weighted by Crippen LogP contribution is 2.23. The number of anilines is 1. The maximum absolute atomic E-state index is 13.0. The number of fused-ring (bicyclic) bond motifs is 2. The molecule has 0 unspecified atom stereocenters. The summed E-state index contributed by atoms with van der Waals surface area (Å²) >= 11 is 6.02. The van der Waals surface area contributed by atoms with E-state index in [1.54, 1.807) is 24.3 Å². The number of benzene rings is 2. The highest BCUT2D eigenvalue weighted by Gasteiger charge is 2.25. The lowest BCUT2D eigenvalue weighted by molar-refractivity contribution is -0.116. The minimum absolute atomic E-state index is 0.0324. The van der Waals surface area contributed by atoms with Crippen LogP contribution in [0.15, 0.2) is 53.3 Å². The fraction of sp³-hybridized carbons (Fsp3) is 0.217. The lowest BCUT2D eigenvalue weighted by Crippen LogP contribution is -2.28. The SMILES string of the molecule is Cc1ccc(-c2nc3n(CC(=O)Nc4cccc(Cl)c4)c4c(c(=O)n3n2)CCC4)cc1. The van der Waals surface area contributed by atoms with Gasteiger partial charge in [0.1, 0.15) is 6.54 Å². The van der Waals surface area contributed by atoms with Gasteiger partial charge in [0, 0.05) is 27.5 Å². The van der Waals surface area contributed by atoms with Crippen molar-refractivity contribution in [3.8, 4) is 11.4 Å². The molecule has 156 valence electrons. The van der Waals surface area contributed by atoms with Gasteiger partial charge in [-0.05, 0) is 44.4 Å². The summed E-state index contributed by atoms with van der Waals surface area (Å²) in [5.41, 5.74) is 3.99. The fourth-order valence-electron chi connectivity index (χ4n) is 4.02. The third kappa shape index (κ3) is 3.61. The van der Waals surface area contributed by atoms with Crippen LogP contribution in [-0.2, 0) is 24.2 Å². The van der Waals surface area contributed by atoms with Gasteiger partial charge >= 0.3 is 0 Å². The van der Waals surface area contributed by atoms with E-state index in [1.807, 2.05) is 35.8 Å². The first kappa shape index (κ1) is 19.5. The molecule has 7 nitrogen and oxygen atoms in total. The Morgan fingerprint density at radius 3 is 2.74 bits per heavy atom. The smallest absolute Gasteiger partial charge is 0.279 e. The van der Waals surface area contributed by atoms with E-state index in [0.29, 0.717) is 34.3 Å². The lowest BCUT2D eigenvalue weighted by Gasteiger charge is -2.14. The van der Waals surface area contributed by atoms with E-state index < -0.39 is 0 Å². The van der Waals surface area contributed by atoms with E-state index in [2.05, 4.69) is 15.4 Å². The van der Waals surface area contributed by atoms with Crippen molar-refractivity contribution in [3.63, 3.8) is 0 Å². The molecule has 1 aliphatic carbocycles. The van der Waals surface area contributed by atoms with Gasteiger partial charge in [-0.25, -0.2) is 0 Å². The molecular formula is C23H20ClN5O2. The summed E-state index contributed by atoms with van der Waals surface area (Å²) in [5, 5.41) is 7.89. The Balaban J connectivity index is 1.57. The molecule has 1 aliphatic rings. The minimum Gasteiger partial charge on any atom is -0.324 e. The Kier molecular flexibility index (Phi) is 4.82. The van der Waals surface area contributed by atoms with Gasteiger partial charge in [0.25, 0.3) is 5.56 Å². The second-order valence-corrected chi connectivity index (χ2v) is 8.18. The molecule has 0 radical (unpaired) electrons. The summed E-state index contributed by atoms with van der Waals surface area (Å²) in [4.78, 5) is 30.5. The van der Waals surface area contributed by atoms with Crippen molar-refractivity contribution in [2.24, 2.45) is 0 Å². The Bertz CT molecular complexity index is 1370. The third-order valence-corrected chi connectivity index (χ3v) is 5.75. The first-order valence-electron chi connectivity index (χ1n) is 10.1. The highest BCUT2D eigenvalue weighted by atomic mass is 35.5. The van der Waals surface area contributed by atoms with Gasteiger partial charge in [0.15, 0.2) is 5.82 Å². The van der Waals surface area contributed by atoms with E-state index >= 15 is 0 Å². The molecule has 2 aromatic carbocycles. The Morgan fingerprint density at radius 2 is 1.97 bits per heavy atom. The van der Waals surface area contributed by atoms with E-state index in [0.717, 1.165) is 29.7 Å². The molecule has 1 amide bonds. The maximum Gasteiger partial charge on any atom is 0.279 e. The van der Waals surface area contributed by atoms with Gasteiger partial charge in [-0.3, -0.25) is 9.59 Å². The van der Waals surface area contributed by atoms with Gasteiger partial charge in [0.05, 0.1) is 0 Å². The van der Waals surface area contributed by atoms with Crippen LogP contribution in [0.2, 0.25) is 5.02 Å². The number of carbonyl (C=O) groups excluding carboxylic acids is 1. The summed E-state index contributed by atoms with van der Waals surface area (Å²) in [6.45, 7) is 2.04. The lowest BCUT2D eigenvalue weighted by atomic mass is 10.1. The quantitative estimate of drug-likeness (QED) is 0.532. The number of hydrogen-bond acceptors (Lipinski definition) is 4. The van der Waals surface area contributed by atoms with E-state index in [-0.39, 0.29) is 18.0 Å². The second-order valence-electron chi connectivity index (χ2n) is 7.74. The molecule has 0 aliphatic heterocycles. The molecule has 5 rings (SSSR count). The molecule has 2 aromatic heterocycles. The Hall–Kier alpha value is -3.45. The molecule has 2 heterocycles. The van der Waals surface area contributed by atoms with Crippen LogP contribution >= 0.6 is 11.6 Å². The number of rotatable bonds is 4. The number of aryl methyl sites for hydroxylation is 1. The number of aromatic nitrogens is 4. The third-order valence-electron chi connectivity index (χ3n) is 5.52. The van der Waals surface area contributed by atoms with E-state index in [9.17, 15) is 9.59 Å². The summed E-state index contributed by atoms with van der Waals surface area (Å²) in [6, 6.07) is 14.8. The van der Waals surface area contributed by atoms with Crippen LogP contribution < -0.4 is 10.9 Å². The van der Waals surface area contributed by atoms with Gasteiger partial charge in [-0.15, -0.1) is 5.10 Å². The molecule has 0 bridgehead atoms. The van der Waals surface area contributed by atoms with Gasteiger partial charge in [-0.1, -0.05) is 47.5 Å². The molecule has 0 saturated carbocycles. The summed E-state index contributed by atoms with van der Waals surface area (Å²) in [6.07, 6.45) is 2.29.